The maximum absolute atomic E-state index is 12.1. The number of benzene rings is 2. The number of imidazole rings is 1. The largest absolute Gasteiger partial charge is 0.508 e. The van der Waals surface area contributed by atoms with Crippen molar-refractivity contribution in [1.82, 2.24) is 19.4 Å². The number of fused-ring (bicyclic) bond motifs is 1. The molecule has 4 rings (SSSR count). The molecule has 1 N–H and O–H groups in total. The number of aromatic nitrogens is 3. The highest BCUT2D eigenvalue weighted by atomic mass is 35.5. The van der Waals surface area contributed by atoms with Gasteiger partial charge in [0.25, 0.3) is 0 Å². The average Bonchev–Trinajstić information content (AvgIpc) is 3.54. The van der Waals surface area contributed by atoms with E-state index in [0.29, 0.717) is 11.6 Å². The number of pyridine rings is 1. The number of ether oxygens (including phenoxy) is 3. The molecule has 0 bridgehead atoms. The van der Waals surface area contributed by atoms with Crippen LogP contribution in [0.25, 0.3) is 10.9 Å². The second-order valence-electron chi connectivity index (χ2n) is 9.87. The Hall–Kier alpha value is -4.15. The van der Waals surface area contributed by atoms with E-state index in [9.17, 15) is 9.59 Å². The fourth-order valence-corrected chi connectivity index (χ4v) is 4.56. The fraction of sp³-hybridized carbons (Fsp3) is 0.355. The number of hydrogen-bond acceptors (Lipinski definition) is 9. The summed E-state index contributed by atoms with van der Waals surface area (Å²) in [6, 6.07) is 15.3. The Kier molecular flexibility index (Phi) is 11.5. The summed E-state index contributed by atoms with van der Waals surface area (Å²) >= 11 is 6.10. The van der Waals surface area contributed by atoms with E-state index in [2.05, 4.69) is 34.0 Å². The standard InChI is InChI=1S/C31H36ClN5O5/c1-3-36(15-4-5-23(2)35-28-12-13-34-29-19-26(32)10-11-27(28)29)17-18-40-31(39)42-21-25-8-6-24(7-9-25)20-41-30(38)37-16-14-33-22-37/h6-14,16,19,22-23H,3-5,15,17-18,20-21H2,1-2H3,(H,34,35). The van der Waals surface area contributed by atoms with Crippen LogP contribution in [0.3, 0.4) is 0 Å². The lowest BCUT2D eigenvalue weighted by atomic mass is 10.1. The number of carbonyl (C=O) groups is 2. The van der Waals surface area contributed by atoms with Gasteiger partial charge >= 0.3 is 12.2 Å². The minimum atomic E-state index is -0.701. The Morgan fingerprint density at radius 1 is 1.00 bits per heavy atom. The van der Waals surface area contributed by atoms with Gasteiger partial charge in [-0.3, -0.25) is 4.98 Å². The van der Waals surface area contributed by atoms with Crippen molar-refractivity contribution in [3.63, 3.8) is 0 Å². The number of rotatable bonds is 14. The third kappa shape index (κ3) is 9.46. The van der Waals surface area contributed by atoms with Gasteiger partial charge in [-0.15, -0.1) is 0 Å². The summed E-state index contributed by atoms with van der Waals surface area (Å²) in [6.45, 7) is 7.14. The summed E-state index contributed by atoms with van der Waals surface area (Å²) in [7, 11) is 0. The Balaban J connectivity index is 1.09. The van der Waals surface area contributed by atoms with Gasteiger partial charge in [0.2, 0.25) is 0 Å². The number of carbonyl (C=O) groups excluding carboxylic acids is 2. The zero-order valence-corrected chi connectivity index (χ0v) is 24.6. The highest BCUT2D eigenvalue weighted by Crippen LogP contribution is 2.25. The van der Waals surface area contributed by atoms with Crippen molar-refractivity contribution in [1.29, 1.82) is 0 Å². The Bertz CT molecular complexity index is 1430. The number of hydrogen-bond donors (Lipinski definition) is 1. The van der Waals surface area contributed by atoms with Gasteiger partial charge in [-0.2, -0.15) is 0 Å². The molecule has 0 saturated heterocycles. The average molecular weight is 594 g/mol. The molecule has 1 unspecified atom stereocenters. The third-order valence-electron chi connectivity index (χ3n) is 6.75. The monoisotopic (exact) mass is 593 g/mol. The molecule has 0 aliphatic carbocycles. The molecule has 10 nitrogen and oxygen atoms in total. The maximum atomic E-state index is 12.1. The van der Waals surface area contributed by atoms with Crippen LogP contribution in [0, 0.1) is 0 Å². The highest BCUT2D eigenvalue weighted by molar-refractivity contribution is 6.31. The number of likely N-dealkylation sites (N-methyl/N-ethyl adjacent to an activating group) is 1. The van der Waals surface area contributed by atoms with Crippen molar-refractivity contribution in [2.75, 3.05) is 31.6 Å². The van der Waals surface area contributed by atoms with Crippen LogP contribution in [0.4, 0.5) is 15.3 Å². The van der Waals surface area contributed by atoms with Crippen LogP contribution in [0.1, 0.15) is 37.8 Å². The van der Waals surface area contributed by atoms with Crippen LogP contribution >= 0.6 is 11.6 Å². The lowest BCUT2D eigenvalue weighted by molar-refractivity contribution is 0.0432. The first-order chi connectivity index (χ1) is 20.4. The molecule has 0 aliphatic heterocycles. The summed E-state index contributed by atoms with van der Waals surface area (Å²) in [5.74, 6) is 0. The van der Waals surface area contributed by atoms with Crippen molar-refractivity contribution < 1.29 is 23.8 Å². The van der Waals surface area contributed by atoms with Crippen LogP contribution in [0.5, 0.6) is 0 Å². The maximum Gasteiger partial charge on any atom is 0.508 e. The van der Waals surface area contributed by atoms with E-state index in [4.69, 9.17) is 25.8 Å². The van der Waals surface area contributed by atoms with Crippen molar-refractivity contribution in [3.8, 4) is 0 Å². The molecular formula is C31H36ClN5O5. The topological polar surface area (TPSA) is 108 Å². The van der Waals surface area contributed by atoms with Crippen LogP contribution < -0.4 is 5.32 Å². The minimum absolute atomic E-state index is 0.0934. The SMILES string of the molecule is CCN(CCCC(C)Nc1ccnc2cc(Cl)ccc12)CCOC(=O)OCc1ccc(COC(=O)n2ccnc2)cc1. The Morgan fingerprint density at radius 2 is 1.76 bits per heavy atom. The smallest absolute Gasteiger partial charge is 0.444 e. The number of nitrogens with one attached hydrogen (secondary N) is 1. The van der Waals surface area contributed by atoms with Crippen molar-refractivity contribution in [3.05, 3.63) is 89.6 Å². The third-order valence-corrected chi connectivity index (χ3v) is 6.99. The zero-order chi connectivity index (χ0) is 29.7. The predicted molar refractivity (Wildman–Crippen MR) is 162 cm³/mol. The predicted octanol–water partition coefficient (Wildman–Crippen LogP) is 6.53. The molecule has 2 aromatic carbocycles. The van der Waals surface area contributed by atoms with E-state index in [1.807, 2.05) is 48.5 Å². The second-order valence-corrected chi connectivity index (χ2v) is 10.3. The van der Waals surface area contributed by atoms with Gasteiger partial charge in [0.15, 0.2) is 0 Å². The normalized spacial score (nSPS) is 11.8. The zero-order valence-electron chi connectivity index (χ0n) is 23.9. The van der Waals surface area contributed by atoms with Gasteiger partial charge in [0.05, 0.1) is 5.52 Å². The van der Waals surface area contributed by atoms with E-state index >= 15 is 0 Å². The van der Waals surface area contributed by atoms with Gasteiger partial charge in [0, 0.05) is 47.3 Å². The fourth-order valence-electron chi connectivity index (χ4n) is 4.39. The highest BCUT2D eigenvalue weighted by Gasteiger charge is 2.11. The quantitative estimate of drug-likeness (QED) is 0.163. The van der Waals surface area contributed by atoms with Gasteiger partial charge in [-0.05, 0) is 68.2 Å². The van der Waals surface area contributed by atoms with Gasteiger partial charge in [-0.1, -0.05) is 42.8 Å². The molecule has 0 spiro atoms. The summed E-state index contributed by atoms with van der Waals surface area (Å²) < 4.78 is 17.0. The lowest BCUT2D eigenvalue weighted by Gasteiger charge is -2.22. The molecule has 11 heteroatoms. The molecule has 0 aliphatic rings. The van der Waals surface area contributed by atoms with E-state index in [-0.39, 0.29) is 25.9 Å². The summed E-state index contributed by atoms with van der Waals surface area (Å²) in [5.41, 5.74) is 3.54. The number of anilines is 1. The molecule has 42 heavy (non-hydrogen) atoms. The molecule has 0 saturated carbocycles. The summed E-state index contributed by atoms with van der Waals surface area (Å²) in [5, 5.41) is 5.31. The van der Waals surface area contributed by atoms with Crippen molar-refractivity contribution >= 4 is 40.4 Å². The van der Waals surface area contributed by atoms with Crippen LogP contribution in [0.15, 0.2) is 73.4 Å². The first kappa shape index (κ1) is 30.8. The van der Waals surface area contributed by atoms with Crippen molar-refractivity contribution in [2.24, 2.45) is 0 Å². The number of halogens is 1. The molecule has 4 aromatic rings. The van der Waals surface area contributed by atoms with Gasteiger partial charge in [-0.25, -0.2) is 19.1 Å². The van der Waals surface area contributed by atoms with Crippen LogP contribution in [-0.4, -0.2) is 64.0 Å². The van der Waals surface area contributed by atoms with E-state index in [0.717, 1.165) is 53.6 Å². The Morgan fingerprint density at radius 3 is 2.48 bits per heavy atom. The molecule has 0 radical (unpaired) electrons. The molecule has 222 valence electrons. The van der Waals surface area contributed by atoms with Gasteiger partial charge in [0.1, 0.15) is 26.1 Å². The minimum Gasteiger partial charge on any atom is -0.444 e. The van der Waals surface area contributed by atoms with E-state index in [1.165, 1.54) is 23.3 Å². The molecular weight excluding hydrogens is 558 g/mol. The van der Waals surface area contributed by atoms with Gasteiger partial charge < -0.3 is 24.4 Å². The van der Waals surface area contributed by atoms with E-state index in [1.54, 1.807) is 6.20 Å². The molecule has 0 fully saturated rings. The number of nitrogens with zero attached hydrogens (tertiary/aromatic N) is 4. The van der Waals surface area contributed by atoms with Crippen LogP contribution in [0.2, 0.25) is 5.02 Å². The van der Waals surface area contributed by atoms with E-state index < -0.39 is 12.2 Å². The summed E-state index contributed by atoms with van der Waals surface area (Å²) in [6.07, 6.45) is 6.98. The first-order valence-electron chi connectivity index (χ1n) is 14.0. The van der Waals surface area contributed by atoms with Crippen LogP contribution in [-0.2, 0) is 27.4 Å². The molecule has 2 aromatic heterocycles. The van der Waals surface area contributed by atoms with Crippen molar-refractivity contribution in [2.45, 2.75) is 45.9 Å². The molecule has 2 heterocycles. The molecule has 0 amide bonds. The lowest BCUT2D eigenvalue weighted by Crippen LogP contribution is -2.30. The molecule has 1 atom stereocenters. The second kappa shape index (κ2) is 15.7. The first-order valence-corrected chi connectivity index (χ1v) is 14.3. The Labute approximate surface area is 250 Å². The summed E-state index contributed by atoms with van der Waals surface area (Å²) in [4.78, 5) is 34.4.